The van der Waals surface area contributed by atoms with Gasteiger partial charge in [0.25, 0.3) is 0 Å². The highest BCUT2D eigenvalue weighted by molar-refractivity contribution is 6.12. The third-order valence-electron chi connectivity index (χ3n) is 6.62. The Morgan fingerprint density at radius 1 is 0.676 bits per heavy atom. The molecular formula is C36H31N. The van der Waals surface area contributed by atoms with Crippen LogP contribution in [0.3, 0.4) is 0 Å². The molecule has 0 aliphatic rings. The normalized spacial score (nSPS) is 11.4. The minimum atomic E-state index is 1.01. The molecule has 4 aromatic carbocycles. The van der Waals surface area contributed by atoms with Crippen LogP contribution in [-0.2, 0) is 0 Å². The number of nitrogens with zero attached hydrogens (tertiary/aromatic N) is 1. The minimum Gasteiger partial charge on any atom is -0.272 e. The Balaban J connectivity index is 2.08. The van der Waals surface area contributed by atoms with Crippen molar-refractivity contribution in [3.63, 3.8) is 0 Å². The van der Waals surface area contributed by atoms with Crippen molar-refractivity contribution in [2.24, 2.45) is 4.99 Å². The van der Waals surface area contributed by atoms with Gasteiger partial charge < -0.3 is 0 Å². The summed E-state index contributed by atoms with van der Waals surface area (Å²) in [6.07, 6.45) is 13.5. The molecular weight excluding hydrogens is 446 g/mol. The number of hydrogen-bond acceptors (Lipinski definition) is 1. The molecule has 0 N–H and O–H groups in total. The Kier molecular flexibility index (Phi) is 7.76. The molecule has 1 heteroatoms. The van der Waals surface area contributed by atoms with Gasteiger partial charge in [0.2, 0.25) is 0 Å². The summed E-state index contributed by atoms with van der Waals surface area (Å²) in [5, 5.41) is 2.30. The monoisotopic (exact) mass is 477 g/mol. The zero-order valence-electron chi connectivity index (χ0n) is 21.4. The molecule has 0 aliphatic heterocycles. The molecule has 0 saturated heterocycles. The first kappa shape index (κ1) is 25.3. The van der Waals surface area contributed by atoms with E-state index in [-0.39, 0.29) is 0 Å². The van der Waals surface area contributed by atoms with Crippen LogP contribution in [0.15, 0.2) is 116 Å². The third kappa shape index (κ3) is 4.60. The second kappa shape index (κ2) is 11.3. The summed E-state index contributed by atoms with van der Waals surface area (Å²) in [6.45, 7) is 22.2. The van der Waals surface area contributed by atoms with Crippen molar-refractivity contribution < 1.29 is 0 Å². The van der Waals surface area contributed by atoms with Crippen molar-refractivity contribution in [2.75, 3.05) is 0 Å². The molecule has 0 heterocycles. The summed E-state index contributed by atoms with van der Waals surface area (Å²) in [4.78, 5) is 3.97. The third-order valence-corrected chi connectivity index (χ3v) is 6.62. The van der Waals surface area contributed by atoms with Crippen LogP contribution in [0.1, 0.15) is 34.7 Å². The number of fused-ring (bicyclic) bond motifs is 1. The van der Waals surface area contributed by atoms with E-state index >= 15 is 0 Å². The second-order valence-electron chi connectivity index (χ2n) is 8.59. The quantitative estimate of drug-likeness (QED) is 0.168. The highest BCUT2D eigenvalue weighted by atomic mass is 14.6. The van der Waals surface area contributed by atoms with Gasteiger partial charge in [0.15, 0.2) is 0 Å². The Hall–Kier alpha value is -4.75. The zero-order chi connectivity index (χ0) is 26.4. The fraction of sp³-hybridized carbons (Fsp3) is 0.0278. The van der Waals surface area contributed by atoms with Gasteiger partial charge in [0.05, 0.1) is 0 Å². The molecule has 0 unspecified atom stereocenters. The zero-order valence-corrected chi connectivity index (χ0v) is 21.4. The van der Waals surface area contributed by atoms with E-state index in [1.165, 1.54) is 0 Å². The minimum absolute atomic E-state index is 1.01. The molecule has 4 rings (SSSR count). The van der Waals surface area contributed by atoms with Crippen molar-refractivity contribution in [1.29, 1.82) is 0 Å². The molecule has 4 aromatic rings. The second-order valence-corrected chi connectivity index (χ2v) is 8.59. The maximum absolute atomic E-state index is 4.22. The summed E-state index contributed by atoms with van der Waals surface area (Å²) in [5.41, 5.74) is 10.7. The molecule has 0 bridgehead atoms. The van der Waals surface area contributed by atoms with Crippen LogP contribution in [-0.4, -0.2) is 6.72 Å². The van der Waals surface area contributed by atoms with E-state index in [2.05, 4.69) is 105 Å². The van der Waals surface area contributed by atoms with E-state index in [9.17, 15) is 0 Å². The van der Waals surface area contributed by atoms with E-state index in [4.69, 9.17) is 0 Å². The average Bonchev–Trinajstić information content (AvgIpc) is 2.95. The SMILES string of the molecule is C=Cc1cccc(-c2c(C=C)c(C=C)c(-c3ccc(C(/C=C\C)=C/N=C)cc3)c3ccccc23)c1C=C. The average molecular weight is 478 g/mol. The van der Waals surface area contributed by atoms with Crippen molar-refractivity contribution in [3.8, 4) is 22.3 Å². The molecule has 0 saturated carbocycles. The van der Waals surface area contributed by atoms with Crippen molar-refractivity contribution in [1.82, 2.24) is 0 Å². The fourth-order valence-corrected chi connectivity index (χ4v) is 5.03. The Labute approximate surface area is 220 Å². The largest absolute Gasteiger partial charge is 0.272 e. The molecule has 0 atom stereocenters. The molecule has 0 amide bonds. The van der Waals surface area contributed by atoms with E-state index in [0.717, 1.165) is 66.4 Å². The maximum atomic E-state index is 4.22. The van der Waals surface area contributed by atoms with Crippen LogP contribution in [0.2, 0.25) is 0 Å². The van der Waals surface area contributed by atoms with Gasteiger partial charge in [-0.3, -0.25) is 4.99 Å². The van der Waals surface area contributed by atoms with Gasteiger partial charge in [-0.25, -0.2) is 0 Å². The summed E-state index contributed by atoms with van der Waals surface area (Å²) < 4.78 is 0. The van der Waals surface area contributed by atoms with Crippen LogP contribution < -0.4 is 0 Å². The van der Waals surface area contributed by atoms with Crippen LogP contribution in [0.4, 0.5) is 0 Å². The van der Waals surface area contributed by atoms with Crippen molar-refractivity contribution in [2.45, 2.75) is 6.92 Å². The van der Waals surface area contributed by atoms with Crippen LogP contribution in [0.5, 0.6) is 0 Å². The molecule has 37 heavy (non-hydrogen) atoms. The topological polar surface area (TPSA) is 12.4 Å². The first-order chi connectivity index (χ1) is 18.1. The van der Waals surface area contributed by atoms with Crippen molar-refractivity contribution in [3.05, 3.63) is 139 Å². The van der Waals surface area contributed by atoms with E-state index in [1.807, 2.05) is 43.4 Å². The molecule has 0 fully saturated rings. The number of hydrogen-bond donors (Lipinski definition) is 0. The lowest BCUT2D eigenvalue weighted by Crippen LogP contribution is -1.98. The van der Waals surface area contributed by atoms with Gasteiger partial charge in [0, 0.05) is 6.20 Å². The fourth-order valence-electron chi connectivity index (χ4n) is 5.03. The summed E-state index contributed by atoms with van der Waals surface area (Å²) in [7, 11) is 0. The lowest BCUT2D eigenvalue weighted by molar-refractivity contribution is 1.53. The Morgan fingerprint density at radius 3 is 1.86 bits per heavy atom. The van der Waals surface area contributed by atoms with Crippen LogP contribution in [0, 0.1) is 0 Å². The van der Waals surface area contributed by atoms with Crippen LogP contribution in [0.25, 0.3) is 62.9 Å². The van der Waals surface area contributed by atoms with E-state index in [1.54, 1.807) is 6.20 Å². The van der Waals surface area contributed by atoms with Gasteiger partial charge in [0.1, 0.15) is 0 Å². The number of allylic oxidation sites excluding steroid dienone is 3. The number of rotatable bonds is 9. The molecule has 0 aliphatic carbocycles. The molecule has 0 aromatic heterocycles. The predicted molar refractivity (Wildman–Crippen MR) is 168 cm³/mol. The summed E-state index contributed by atoms with van der Waals surface area (Å²) in [6, 6.07) is 23.4. The highest BCUT2D eigenvalue weighted by Gasteiger charge is 2.20. The van der Waals surface area contributed by atoms with Gasteiger partial charge in [-0.1, -0.05) is 130 Å². The smallest absolute Gasteiger partial charge is 0.0338 e. The first-order valence-corrected chi connectivity index (χ1v) is 12.2. The Bertz CT molecular complexity index is 1590. The molecule has 180 valence electrons. The van der Waals surface area contributed by atoms with Gasteiger partial charge in [-0.2, -0.15) is 0 Å². The summed E-state index contributed by atoms with van der Waals surface area (Å²) >= 11 is 0. The lowest BCUT2D eigenvalue weighted by Gasteiger charge is -2.22. The molecule has 0 spiro atoms. The van der Waals surface area contributed by atoms with E-state index in [0.29, 0.717) is 0 Å². The van der Waals surface area contributed by atoms with Crippen molar-refractivity contribution >= 4 is 47.4 Å². The number of benzene rings is 4. The first-order valence-electron chi connectivity index (χ1n) is 12.2. The van der Waals surface area contributed by atoms with Gasteiger partial charge >= 0.3 is 0 Å². The highest BCUT2D eigenvalue weighted by Crippen LogP contribution is 2.44. The molecule has 0 radical (unpaired) electrons. The van der Waals surface area contributed by atoms with Gasteiger partial charge in [-0.15, -0.1) is 0 Å². The number of aliphatic imine (C=N–C) groups is 1. The maximum Gasteiger partial charge on any atom is 0.0338 e. The predicted octanol–water partition coefficient (Wildman–Crippen LogP) is 10.4. The van der Waals surface area contributed by atoms with Crippen LogP contribution >= 0.6 is 0 Å². The lowest BCUT2D eigenvalue weighted by atomic mass is 9.81. The standard InChI is InChI=1S/C36H31N/c1-7-15-28(24-37-6)26-20-22-27(23-21-26)35-30(10-4)31(11-5)36(34-18-13-12-17-33(34)35)32-19-14-16-25(8-2)29(32)9-3/h7-24H,2-6H2,1H3/b15-7-,28-24+. The summed E-state index contributed by atoms with van der Waals surface area (Å²) in [5.74, 6) is 0. The van der Waals surface area contributed by atoms with Gasteiger partial charge in [-0.05, 0) is 80.1 Å². The Morgan fingerprint density at radius 2 is 1.30 bits per heavy atom. The molecule has 1 nitrogen and oxygen atoms in total. The van der Waals surface area contributed by atoms with E-state index < -0.39 is 0 Å².